The van der Waals surface area contributed by atoms with Crippen LogP contribution in [0.15, 0.2) is 18.2 Å². The lowest BCUT2D eigenvalue weighted by molar-refractivity contribution is 0.0958. The second-order valence-electron chi connectivity index (χ2n) is 5.03. The molecule has 1 aliphatic heterocycles. The quantitative estimate of drug-likeness (QED) is 0.723. The summed E-state index contributed by atoms with van der Waals surface area (Å²) in [5.41, 5.74) is 0.616. The lowest BCUT2D eigenvalue weighted by Crippen LogP contribution is -2.47. The fourth-order valence-electron chi connectivity index (χ4n) is 2.52. The first-order chi connectivity index (χ1) is 8.47. The van der Waals surface area contributed by atoms with Crippen molar-refractivity contribution in [3.8, 4) is 0 Å². The van der Waals surface area contributed by atoms with Crippen LogP contribution in [0.3, 0.4) is 0 Å². The molecular formula is C13H13ClN2O2. The summed E-state index contributed by atoms with van der Waals surface area (Å²) in [5, 5.41) is 0.525. The second-order valence-corrected chi connectivity index (χ2v) is 5.47. The van der Waals surface area contributed by atoms with E-state index in [4.69, 9.17) is 11.6 Å². The van der Waals surface area contributed by atoms with E-state index >= 15 is 0 Å². The highest BCUT2D eigenvalue weighted by Gasteiger charge is 2.62. The van der Waals surface area contributed by atoms with Crippen LogP contribution in [0, 0.1) is 0 Å². The van der Waals surface area contributed by atoms with E-state index in [-0.39, 0.29) is 11.8 Å². The van der Waals surface area contributed by atoms with Crippen molar-refractivity contribution in [3.63, 3.8) is 0 Å². The third-order valence-electron chi connectivity index (χ3n) is 3.59. The normalized spacial score (nSPS) is 19.1. The number of hydrogen-bond acceptors (Lipinski definition) is 2. The molecule has 1 aliphatic carbocycles. The standard InChI is InChI=1S/C13H13ClN2O2/c1-15(2)12(18)16-10-4-3-8(14)7-9(10)11(17)13(16)5-6-13/h3-4,7H,5-6H2,1-2H3. The lowest BCUT2D eigenvalue weighted by atomic mass is 10.1. The first-order valence-corrected chi connectivity index (χ1v) is 6.21. The minimum atomic E-state index is -0.631. The zero-order chi connectivity index (χ0) is 13.1. The molecule has 18 heavy (non-hydrogen) atoms. The van der Waals surface area contributed by atoms with E-state index in [9.17, 15) is 9.59 Å². The van der Waals surface area contributed by atoms with Crippen molar-refractivity contribution in [2.24, 2.45) is 0 Å². The van der Waals surface area contributed by atoms with Crippen LogP contribution in [0.25, 0.3) is 0 Å². The Hall–Kier alpha value is -1.55. The predicted molar refractivity (Wildman–Crippen MR) is 69.3 cm³/mol. The molecule has 0 unspecified atom stereocenters. The van der Waals surface area contributed by atoms with E-state index in [1.165, 1.54) is 4.90 Å². The molecule has 94 valence electrons. The van der Waals surface area contributed by atoms with Crippen molar-refractivity contribution in [2.45, 2.75) is 18.4 Å². The number of hydrogen-bond donors (Lipinski definition) is 0. The Morgan fingerprint density at radius 2 is 2.06 bits per heavy atom. The first kappa shape index (κ1) is 11.5. The number of carbonyl (C=O) groups is 2. The van der Waals surface area contributed by atoms with E-state index in [2.05, 4.69) is 0 Å². The summed E-state index contributed by atoms with van der Waals surface area (Å²) >= 11 is 5.93. The highest BCUT2D eigenvalue weighted by Crippen LogP contribution is 2.53. The topological polar surface area (TPSA) is 40.6 Å². The molecule has 0 N–H and O–H groups in total. The molecule has 0 aromatic heterocycles. The van der Waals surface area contributed by atoms with Crippen LogP contribution in [-0.2, 0) is 0 Å². The number of ketones is 1. The lowest BCUT2D eigenvalue weighted by Gasteiger charge is -2.27. The van der Waals surface area contributed by atoms with Gasteiger partial charge in [-0.3, -0.25) is 9.69 Å². The minimum absolute atomic E-state index is 0.0233. The average Bonchev–Trinajstić information content (AvgIpc) is 3.07. The molecule has 1 saturated carbocycles. The van der Waals surface area contributed by atoms with Gasteiger partial charge in [-0.2, -0.15) is 0 Å². The van der Waals surface area contributed by atoms with Crippen LogP contribution in [0.1, 0.15) is 23.2 Å². The molecule has 0 saturated heterocycles. The van der Waals surface area contributed by atoms with Crippen LogP contribution in [0.2, 0.25) is 5.02 Å². The van der Waals surface area contributed by atoms with E-state index < -0.39 is 5.54 Å². The SMILES string of the molecule is CN(C)C(=O)N1c2ccc(Cl)cc2C(=O)C12CC2. The van der Waals surface area contributed by atoms with Crippen molar-refractivity contribution in [1.82, 2.24) is 4.90 Å². The number of rotatable bonds is 0. The molecule has 1 fully saturated rings. The molecule has 1 aromatic rings. The predicted octanol–water partition coefficient (Wildman–Crippen LogP) is 2.56. The van der Waals surface area contributed by atoms with Gasteiger partial charge in [0.15, 0.2) is 5.78 Å². The second kappa shape index (κ2) is 3.48. The number of nitrogens with zero attached hydrogens (tertiary/aromatic N) is 2. The monoisotopic (exact) mass is 264 g/mol. The molecule has 0 radical (unpaired) electrons. The molecule has 5 heteroatoms. The largest absolute Gasteiger partial charge is 0.330 e. The van der Waals surface area contributed by atoms with Crippen LogP contribution >= 0.6 is 11.6 Å². The highest BCUT2D eigenvalue weighted by molar-refractivity contribution is 6.32. The van der Waals surface area contributed by atoms with Gasteiger partial charge >= 0.3 is 6.03 Å². The third-order valence-corrected chi connectivity index (χ3v) is 3.83. The number of carbonyl (C=O) groups excluding carboxylic acids is 2. The van der Waals surface area contributed by atoms with E-state index in [1.807, 2.05) is 0 Å². The zero-order valence-electron chi connectivity index (χ0n) is 10.2. The summed E-state index contributed by atoms with van der Waals surface area (Å²) in [6, 6.07) is 4.97. The van der Waals surface area contributed by atoms with Crippen molar-refractivity contribution < 1.29 is 9.59 Å². The summed E-state index contributed by atoms with van der Waals surface area (Å²) in [7, 11) is 3.38. The number of fused-ring (bicyclic) bond motifs is 1. The van der Waals surface area contributed by atoms with Gasteiger partial charge in [0, 0.05) is 24.7 Å². The Balaban J connectivity index is 2.15. The van der Waals surface area contributed by atoms with Gasteiger partial charge in [-0.25, -0.2) is 4.79 Å². The van der Waals surface area contributed by atoms with Crippen molar-refractivity contribution in [3.05, 3.63) is 28.8 Å². The third kappa shape index (κ3) is 1.32. The molecule has 2 aliphatic rings. The molecule has 1 heterocycles. The van der Waals surface area contributed by atoms with Gasteiger partial charge in [0.1, 0.15) is 5.54 Å². The van der Waals surface area contributed by atoms with Crippen LogP contribution in [0.4, 0.5) is 10.5 Å². The fraction of sp³-hybridized carbons (Fsp3) is 0.385. The number of anilines is 1. The van der Waals surface area contributed by atoms with Gasteiger partial charge in [-0.1, -0.05) is 11.6 Å². The maximum Gasteiger partial charge on any atom is 0.324 e. The van der Waals surface area contributed by atoms with Crippen LogP contribution in [0.5, 0.6) is 0 Å². The van der Waals surface area contributed by atoms with Crippen LogP contribution < -0.4 is 4.90 Å². The van der Waals surface area contributed by atoms with Crippen molar-refractivity contribution >= 4 is 29.1 Å². The molecule has 2 amide bonds. The van der Waals surface area contributed by atoms with Gasteiger partial charge in [-0.05, 0) is 31.0 Å². The maximum absolute atomic E-state index is 12.4. The average molecular weight is 265 g/mol. The van der Waals surface area contributed by atoms with Gasteiger partial charge in [0.25, 0.3) is 0 Å². The van der Waals surface area contributed by atoms with Crippen molar-refractivity contribution in [1.29, 1.82) is 0 Å². The smallest absolute Gasteiger partial charge is 0.324 e. The number of amides is 2. The molecule has 0 bridgehead atoms. The number of Topliss-reactive ketones (excluding diaryl/α,β-unsaturated/α-hetero) is 1. The van der Waals surface area contributed by atoms with Gasteiger partial charge in [0.2, 0.25) is 0 Å². The summed E-state index contributed by atoms with van der Waals surface area (Å²) in [6.07, 6.45) is 1.47. The highest BCUT2D eigenvalue weighted by atomic mass is 35.5. The summed E-state index contributed by atoms with van der Waals surface area (Å²) in [6.45, 7) is 0. The van der Waals surface area contributed by atoms with Gasteiger partial charge in [0.05, 0.1) is 5.69 Å². The maximum atomic E-state index is 12.4. The van der Waals surface area contributed by atoms with E-state index in [0.717, 1.165) is 12.8 Å². The Kier molecular flexibility index (Phi) is 2.23. The van der Waals surface area contributed by atoms with Crippen molar-refractivity contribution in [2.75, 3.05) is 19.0 Å². The fourth-order valence-corrected chi connectivity index (χ4v) is 2.70. The molecular weight excluding hydrogens is 252 g/mol. The minimum Gasteiger partial charge on any atom is -0.330 e. The Morgan fingerprint density at radius 1 is 1.39 bits per heavy atom. The zero-order valence-corrected chi connectivity index (χ0v) is 11.0. The summed E-state index contributed by atoms with van der Waals surface area (Å²) in [5.74, 6) is 0.0233. The first-order valence-electron chi connectivity index (χ1n) is 5.83. The molecule has 1 aromatic carbocycles. The summed E-state index contributed by atoms with van der Waals surface area (Å²) in [4.78, 5) is 27.8. The Bertz CT molecular complexity index is 564. The Labute approximate surface area is 110 Å². The van der Waals surface area contributed by atoms with Gasteiger partial charge in [-0.15, -0.1) is 0 Å². The molecule has 0 atom stereocenters. The van der Waals surface area contributed by atoms with Gasteiger partial charge < -0.3 is 4.90 Å². The molecule has 3 rings (SSSR count). The number of benzene rings is 1. The van der Waals surface area contributed by atoms with E-state index in [0.29, 0.717) is 16.3 Å². The summed E-state index contributed by atoms with van der Waals surface area (Å²) < 4.78 is 0. The van der Waals surface area contributed by atoms with Crippen LogP contribution in [-0.4, -0.2) is 36.3 Å². The molecule has 4 nitrogen and oxygen atoms in total. The van der Waals surface area contributed by atoms with E-state index in [1.54, 1.807) is 37.2 Å². The number of urea groups is 1. The Morgan fingerprint density at radius 3 is 2.61 bits per heavy atom. The number of halogens is 1. The molecule has 1 spiro atoms.